The van der Waals surface area contributed by atoms with Gasteiger partial charge in [0.05, 0.1) is 23.7 Å². The van der Waals surface area contributed by atoms with Gasteiger partial charge in [0.1, 0.15) is 5.75 Å². The molecule has 30 heavy (non-hydrogen) atoms. The standard InChI is InChI=1S/C22H23ClN4O3/c1-14-5-10-19(18(23)12-14)24-21(28)16-4-3-11-27(13-16)22-25-20(26-30-22)15-6-8-17(29-2)9-7-15/h5-10,12,16H,3-4,11,13H2,1-2H3,(H,24,28)/t16-/m1/s1. The van der Waals surface area contributed by atoms with Gasteiger partial charge < -0.3 is 19.5 Å². The predicted molar refractivity (Wildman–Crippen MR) is 116 cm³/mol. The average Bonchev–Trinajstić information content (AvgIpc) is 3.26. The van der Waals surface area contributed by atoms with Gasteiger partial charge in [-0.25, -0.2) is 0 Å². The molecule has 0 aliphatic carbocycles. The number of aryl methyl sites for hydroxylation is 1. The average molecular weight is 427 g/mol. The molecule has 7 nitrogen and oxygen atoms in total. The number of halogens is 1. The summed E-state index contributed by atoms with van der Waals surface area (Å²) in [4.78, 5) is 19.3. The first-order valence-corrected chi connectivity index (χ1v) is 10.2. The smallest absolute Gasteiger partial charge is 0.324 e. The molecule has 0 saturated carbocycles. The number of carbonyl (C=O) groups is 1. The van der Waals surface area contributed by atoms with E-state index >= 15 is 0 Å². The number of anilines is 2. The Morgan fingerprint density at radius 3 is 2.80 bits per heavy atom. The first kappa shape index (κ1) is 20.2. The minimum absolute atomic E-state index is 0.0552. The molecule has 1 aliphatic rings. The van der Waals surface area contributed by atoms with Crippen LogP contribution in [-0.4, -0.2) is 36.2 Å². The minimum Gasteiger partial charge on any atom is -0.497 e. The van der Waals surface area contributed by atoms with E-state index in [1.54, 1.807) is 7.11 Å². The highest BCUT2D eigenvalue weighted by Gasteiger charge is 2.29. The molecule has 0 bridgehead atoms. The second-order valence-corrected chi connectivity index (χ2v) is 7.79. The Morgan fingerprint density at radius 1 is 1.27 bits per heavy atom. The van der Waals surface area contributed by atoms with Crippen LogP contribution in [0.5, 0.6) is 5.75 Å². The molecular weight excluding hydrogens is 404 g/mol. The lowest BCUT2D eigenvalue weighted by Crippen LogP contribution is -2.41. The van der Waals surface area contributed by atoms with Crippen LogP contribution in [0.1, 0.15) is 18.4 Å². The summed E-state index contributed by atoms with van der Waals surface area (Å²) in [6.45, 7) is 3.24. The van der Waals surface area contributed by atoms with Crippen molar-refractivity contribution in [2.24, 2.45) is 5.92 Å². The lowest BCUT2D eigenvalue weighted by molar-refractivity contribution is -0.120. The first-order valence-electron chi connectivity index (χ1n) is 9.83. The van der Waals surface area contributed by atoms with Crippen LogP contribution in [0.3, 0.4) is 0 Å². The molecular formula is C22H23ClN4O3. The van der Waals surface area contributed by atoms with E-state index in [9.17, 15) is 4.79 Å². The van der Waals surface area contributed by atoms with Gasteiger partial charge in [0.25, 0.3) is 0 Å². The highest BCUT2D eigenvalue weighted by atomic mass is 35.5. The van der Waals surface area contributed by atoms with Gasteiger partial charge in [-0.1, -0.05) is 22.8 Å². The molecule has 1 atom stereocenters. The van der Waals surface area contributed by atoms with Gasteiger partial charge in [-0.2, -0.15) is 4.98 Å². The maximum absolute atomic E-state index is 12.8. The molecule has 2 aromatic carbocycles. The summed E-state index contributed by atoms with van der Waals surface area (Å²) < 4.78 is 10.7. The molecule has 0 radical (unpaired) electrons. The number of nitrogens with zero attached hydrogens (tertiary/aromatic N) is 3. The maximum atomic E-state index is 12.8. The molecule has 1 saturated heterocycles. The van der Waals surface area contributed by atoms with Gasteiger partial charge in [0.2, 0.25) is 11.7 Å². The SMILES string of the molecule is COc1ccc(-c2noc(N3CCC[C@@H](C(=O)Nc4ccc(C)cc4Cl)C3)n2)cc1. The molecule has 2 heterocycles. The van der Waals surface area contributed by atoms with E-state index in [1.807, 2.05) is 54.3 Å². The highest BCUT2D eigenvalue weighted by Crippen LogP contribution is 2.28. The lowest BCUT2D eigenvalue weighted by Gasteiger charge is -2.30. The second-order valence-electron chi connectivity index (χ2n) is 7.39. The molecule has 8 heteroatoms. The number of ether oxygens (including phenoxy) is 1. The minimum atomic E-state index is -0.188. The number of hydrogen-bond donors (Lipinski definition) is 1. The van der Waals surface area contributed by atoms with E-state index in [1.165, 1.54) is 0 Å². The third kappa shape index (κ3) is 4.41. The fraction of sp³-hybridized carbons (Fsp3) is 0.318. The topological polar surface area (TPSA) is 80.5 Å². The maximum Gasteiger partial charge on any atom is 0.324 e. The Hall–Kier alpha value is -3.06. The van der Waals surface area contributed by atoms with Crippen LogP contribution in [0.2, 0.25) is 5.02 Å². The summed E-state index contributed by atoms with van der Waals surface area (Å²) in [6.07, 6.45) is 1.66. The van der Waals surface area contributed by atoms with Gasteiger partial charge >= 0.3 is 6.01 Å². The van der Waals surface area contributed by atoms with Crippen molar-refractivity contribution in [3.63, 3.8) is 0 Å². The van der Waals surface area contributed by atoms with Crippen molar-refractivity contribution >= 4 is 29.2 Å². The fourth-order valence-corrected chi connectivity index (χ4v) is 3.80. The molecule has 1 fully saturated rings. The third-order valence-electron chi connectivity index (χ3n) is 5.21. The highest BCUT2D eigenvalue weighted by molar-refractivity contribution is 6.33. The number of benzene rings is 2. The Kier molecular flexibility index (Phi) is 5.90. The molecule has 4 rings (SSSR count). The Bertz CT molecular complexity index is 1040. The molecule has 0 unspecified atom stereocenters. The van der Waals surface area contributed by atoms with Crippen LogP contribution in [0.4, 0.5) is 11.7 Å². The fourth-order valence-electron chi connectivity index (χ4n) is 3.52. The van der Waals surface area contributed by atoms with Crippen molar-refractivity contribution < 1.29 is 14.1 Å². The largest absolute Gasteiger partial charge is 0.497 e. The summed E-state index contributed by atoms with van der Waals surface area (Å²) >= 11 is 6.25. The number of amides is 1. The van der Waals surface area contributed by atoms with Gasteiger partial charge in [-0.3, -0.25) is 4.79 Å². The van der Waals surface area contributed by atoms with Crippen LogP contribution in [0, 0.1) is 12.8 Å². The number of aromatic nitrogens is 2. The van der Waals surface area contributed by atoms with E-state index in [0.29, 0.717) is 29.1 Å². The van der Waals surface area contributed by atoms with E-state index in [2.05, 4.69) is 15.5 Å². The quantitative estimate of drug-likeness (QED) is 0.644. The summed E-state index contributed by atoms with van der Waals surface area (Å²) in [6, 6.07) is 13.5. The van der Waals surface area contributed by atoms with E-state index in [0.717, 1.165) is 36.3 Å². The Morgan fingerprint density at radius 2 is 2.07 bits per heavy atom. The molecule has 1 aromatic heterocycles. The first-order chi connectivity index (χ1) is 14.5. The van der Waals surface area contributed by atoms with Gasteiger partial charge in [-0.15, -0.1) is 0 Å². The van der Waals surface area contributed by atoms with E-state index < -0.39 is 0 Å². The van der Waals surface area contributed by atoms with Crippen LogP contribution in [0.25, 0.3) is 11.4 Å². The van der Waals surface area contributed by atoms with Crippen molar-refractivity contribution in [3.8, 4) is 17.1 Å². The van der Waals surface area contributed by atoms with Crippen LogP contribution >= 0.6 is 11.6 Å². The number of nitrogens with one attached hydrogen (secondary N) is 1. The van der Waals surface area contributed by atoms with Gasteiger partial charge in [-0.05, 0) is 61.7 Å². The zero-order valence-corrected chi connectivity index (χ0v) is 17.6. The van der Waals surface area contributed by atoms with Crippen molar-refractivity contribution in [1.82, 2.24) is 10.1 Å². The molecule has 3 aromatic rings. The van der Waals surface area contributed by atoms with Gasteiger partial charge in [0.15, 0.2) is 0 Å². The van der Waals surface area contributed by atoms with E-state index in [4.69, 9.17) is 20.9 Å². The lowest BCUT2D eigenvalue weighted by atomic mass is 9.97. The number of hydrogen-bond acceptors (Lipinski definition) is 6. The zero-order valence-electron chi connectivity index (χ0n) is 16.9. The van der Waals surface area contributed by atoms with Crippen molar-refractivity contribution in [2.45, 2.75) is 19.8 Å². The van der Waals surface area contributed by atoms with Gasteiger partial charge in [0, 0.05) is 18.7 Å². The molecule has 1 N–H and O–H groups in total. The number of piperidine rings is 1. The van der Waals surface area contributed by atoms with Crippen LogP contribution < -0.4 is 15.0 Å². The molecule has 1 aliphatic heterocycles. The Balaban J connectivity index is 1.43. The number of rotatable bonds is 5. The van der Waals surface area contributed by atoms with Crippen molar-refractivity contribution in [3.05, 3.63) is 53.1 Å². The normalized spacial score (nSPS) is 16.4. The van der Waals surface area contributed by atoms with E-state index in [-0.39, 0.29) is 11.8 Å². The van der Waals surface area contributed by atoms with Crippen LogP contribution in [-0.2, 0) is 4.79 Å². The van der Waals surface area contributed by atoms with Crippen molar-refractivity contribution in [1.29, 1.82) is 0 Å². The second kappa shape index (κ2) is 8.75. The molecule has 0 spiro atoms. The van der Waals surface area contributed by atoms with Crippen LogP contribution in [0.15, 0.2) is 47.0 Å². The predicted octanol–water partition coefficient (Wildman–Crippen LogP) is 4.56. The number of carbonyl (C=O) groups excluding carboxylic acids is 1. The molecule has 1 amide bonds. The summed E-state index contributed by atoms with van der Waals surface area (Å²) in [7, 11) is 1.62. The zero-order chi connectivity index (χ0) is 21.1. The summed E-state index contributed by atoms with van der Waals surface area (Å²) in [5.74, 6) is 1.03. The molecule has 156 valence electrons. The summed E-state index contributed by atoms with van der Waals surface area (Å²) in [5.41, 5.74) is 2.51. The number of methoxy groups -OCH3 is 1. The Labute approximate surface area is 180 Å². The third-order valence-corrected chi connectivity index (χ3v) is 5.52. The summed E-state index contributed by atoms with van der Waals surface area (Å²) in [5, 5.41) is 7.57. The van der Waals surface area contributed by atoms with Crippen molar-refractivity contribution in [2.75, 3.05) is 30.4 Å². The monoisotopic (exact) mass is 426 g/mol.